The molecule has 0 saturated carbocycles. The average molecular weight is 256 g/mol. The summed E-state index contributed by atoms with van der Waals surface area (Å²) in [5.41, 5.74) is 3.93. The molecule has 0 radical (unpaired) electrons. The number of benzene rings is 1. The number of nitrogens with zero attached hydrogens (tertiary/aromatic N) is 2. The molecule has 3 rings (SSSR count). The molecule has 19 heavy (non-hydrogen) atoms. The third-order valence-electron chi connectivity index (χ3n) is 4.07. The van der Waals surface area contributed by atoms with Crippen molar-refractivity contribution in [3.8, 4) is 0 Å². The van der Waals surface area contributed by atoms with E-state index >= 15 is 0 Å². The van der Waals surface area contributed by atoms with Gasteiger partial charge in [-0.3, -0.25) is 0 Å². The first-order chi connectivity index (χ1) is 9.24. The molecule has 0 aliphatic heterocycles. The van der Waals surface area contributed by atoms with Gasteiger partial charge in [0.05, 0.1) is 6.10 Å². The van der Waals surface area contributed by atoms with E-state index in [-0.39, 0.29) is 6.10 Å². The Morgan fingerprint density at radius 1 is 1.32 bits per heavy atom. The van der Waals surface area contributed by atoms with Crippen molar-refractivity contribution in [3.05, 3.63) is 53.1 Å². The zero-order chi connectivity index (χ0) is 13.2. The van der Waals surface area contributed by atoms with E-state index in [1.54, 1.807) is 6.20 Å². The molecule has 3 nitrogen and oxygen atoms in total. The number of aromatic nitrogens is 2. The Hall–Kier alpha value is -1.61. The molecule has 1 N–H and O–H groups in total. The number of hydrogen-bond acceptors (Lipinski definition) is 2. The van der Waals surface area contributed by atoms with Crippen molar-refractivity contribution in [3.63, 3.8) is 0 Å². The summed E-state index contributed by atoms with van der Waals surface area (Å²) >= 11 is 0. The van der Waals surface area contributed by atoms with Crippen LogP contribution in [0.1, 0.15) is 41.5 Å². The molecule has 100 valence electrons. The van der Waals surface area contributed by atoms with Gasteiger partial charge in [0.1, 0.15) is 5.82 Å². The predicted octanol–water partition coefficient (Wildman–Crippen LogP) is 2.58. The van der Waals surface area contributed by atoms with Crippen LogP contribution in [0.15, 0.2) is 30.6 Å². The van der Waals surface area contributed by atoms with Gasteiger partial charge in [0.2, 0.25) is 0 Å². The standard InChI is InChI=1S/C16H20N2O/c1-18-10-9-17-16(18)8-7-15(19)14-6-5-12-3-2-4-13(12)11-14/h5-6,9-11,15,19H,2-4,7-8H2,1H3. The second kappa shape index (κ2) is 5.17. The van der Waals surface area contributed by atoms with Crippen LogP contribution in [-0.2, 0) is 26.3 Å². The molecule has 0 bridgehead atoms. The monoisotopic (exact) mass is 256 g/mol. The minimum Gasteiger partial charge on any atom is -0.388 e. The van der Waals surface area contributed by atoms with Gasteiger partial charge in [-0.05, 0) is 42.4 Å². The van der Waals surface area contributed by atoms with Crippen LogP contribution in [0, 0.1) is 0 Å². The van der Waals surface area contributed by atoms with E-state index in [1.807, 2.05) is 17.8 Å². The summed E-state index contributed by atoms with van der Waals surface area (Å²) in [7, 11) is 1.99. The molecule has 0 saturated heterocycles. The predicted molar refractivity (Wildman–Crippen MR) is 75.0 cm³/mol. The minimum atomic E-state index is -0.386. The molecular formula is C16H20N2O. The molecular weight excluding hydrogens is 236 g/mol. The highest BCUT2D eigenvalue weighted by Crippen LogP contribution is 2.27. The smallest absolute Gasteiger partial charge is 0.108 e. The molecule has 1 aromatic heterocycles. The molecule has 3 heteroatoms. The Labute approximate surface area is 113 Å². The summed E-state index contributed by atoms with van der Waals surface area (Å²) in [6.07, 6.45) is 8.50. The maximum atomic E-state index is 10.3. The zero-order valence-corrected chi connectivity index (χ0v) is 11.3. The number of fused-ring (bicyclic) bond motifs is 1. The van der Waals surface area contributed by atoms with E-state index in [4.69, 9.17) is 0 Å². The number of aliphatic hydroxyl groups is 1. The first kappa shape index (κ1) is 12.4. The summed E-state index contributed by atoms with van der Waals surface area (Å²) in [5, 5.41) is 10.3. The van der Waals surface area contributed by atoms with Gasteiger partial charge in [-0.15, -0.1) is 0 Å². The Morgan fingerprint density at radius 2 is 2.16 bits per heavy atom. The SMILES string of the molecule is Cn1ccnc1CCC(O)c1ccc2c(c1)CCC2. The topological polar surface area (TPSA) is 38.0 Å². The molecule has 2 aromatic rings. The van der Waals surface area contributed by atoms with Gasteiger partial charge in [-0.2, -0.15) is 0 Å². The van der Waals surface area contributed by atoms with Crippen molar-refractivity contribution in [2.45, 2.75) is 38.2 Å². The van der Waals surface area contributed by atoms with Gasteiger partial charge < -0.3 is 9.67 Å². The Kier molecular flexibility index (Phi) is 3.38. The van der Waals surface area contributed by atoms with Gasteiger partial charge in [-0.1, -0.05) is 18.2 Å². The third kappa shape index (κ3) is 2.56. The minimum absolute atomic E-state index is 0.386. The average Bonchev–Trinajstić information content (AvgIpc) is 3.03. The van der Waals surface area contributed by atoms with Gasteiger partial charge in [0.15, 0.2) is 0 Å². The third-order valence-corrected chi connectivity index (χ3v) is 4.07. The normalized spacial score (nSPS) is 15.5. The fourth-order valence-electron chi connectivity index (χ4n) is 2.87. The first-order valence-corrected chi connectivity index (χ1v) is 7.00. The lowest BCUT2D eigenvalue weighted by Gasteiger charge is -2.12. The summed E-state index contributed by atoms with van der Waals surface area (Å²) in [6.45, 7) is 0. The second-order valence-electron chi connectivity index (χ2n) is 5.39. The molecule has 0 amide bonds. The quantitative estimate of drug-likeness (QED) is 0.913. The largest absolute Gasteiger partial charge is 0.388 e. The van der Waals surface area contributed by atoms with E-state index in [1.165, 1.54) is 24.0 Å². The highest BCUT2D eigenvalue weighted by molar-refractivity contribution is 5.36. The maximum Gasteiger partial charge on any atom is 0.108 e. The molecule has 1 aliphatic rings. The summed E-state index contributed by atoms with van der Waals surface area (Å²) in [5.74, 6) is 1.03. The lowest BCUT2D eigenvalue weighted by atomic mass is 10.00. The number of imidazole rings is 1. The van der Waals surface area contributed by atoms with E-state index in [0.717, 1.165) is 30.7 Å². The first-order valence-electron chi connectivity index (χ1n) is 7.00. The van der Waals surface area contributed by atoms with E-state index in [2.05, 4.69) is 23.2 Å². The van der Waals surface area contributed by atoms with Crippen LogP contribution in [0.25, 0.3) is 0 Å². The van der Waals surface area contributed by atoms with Crippen LogP contribution < -0.4 is 0 Å². The van der Waals surface area contributed by atoms with Crippen LogP contribution >= 0.6 is 0 Å². The van der Waals surface area contributed by atoms with E-state index in [9.17, 15) is 5.11 Å². The van der Waals surface area contributed by atoms with Crippen molar-refractivity contribution in [1.82, 2.24) is 9.55 Å². The van der Waals surface area contributed by atoms with Crippen LogP contribution in [0.3, 0.4) is 0 Å². The molecule has 0 fully saturated rings. The Bertz CT molecular complexity index is 574. The Balaban J connectivity index is 1.67. The maximum absolute atomic E-state index is 10.3. The van der Waals surface area contributed by atoms with Crippen molar-refractivity contribution < 1.29 is 5.11 Å². The van der Waals surface area contributed by atoms with Gasteiger partial charge in [0, 0.05) is 25.9 Å². The van der Waals surface area contributed by atoms with Crippen molar-refractivity contribution in [2.24, 2.45) is 7.05 Å². The number of hydrogen-bond donors (Lipinski definition) is 1. The molecule has 0 spiro atoms. The van der Waals surface area contributed by atoms with E-state index < -0.39 is 0 Å². The molecule has 1 atom stereocenters. The fraction of sp³-hybridized carbons (Fsp3) is 0.438. The lowest BCUT2D eigenvalue weighted by Crippen LogP contribution is -2.04. The lowest BCUT2D eigenvalue weighted by molar-refractivity contribution is 0.166. The summed E-state index contributed by atoms with van der Waals surface area (Å²) < 4.78 is 2.01. The number of aliphatic hydroxyl groups excluding tert-OH is 1. The van der Waals surface area contributed by atoms with Crippen molar-refractivity contribution >= 4 is 0 Å². The van der Waals surface area contributed by atoms with Gasteiger partial charge in [-0.25, -0.2) is 4.98 Å². The van der Waals surface area contributed by atoms with Crippen molar-refractivity contribution in [2.75, 3.05) is 0 Å². The molecule has 1 aromatic carbocycles. The molecule has 1 aliphatic carbocycles. The van der Waals surface area contributed by atoms with Crippen molar-refractivity contribution in [1.29, 1.82) is 0 Å². The molecule has 1 unspecified atom stereocenters. The molecule has 1 heterocycles. The zero-order valence-electron chi connectivity index (χ0n) is 11.3. The van der Waals surface area contributed by atoms with Gasteiger partial charge in [0.25, 0.3) is 0 Å². The van der Waals surface area contributed by atoms with Crippen LogP contribution in [0.5, 0.6) is 0 Å². The fourth-order valence-corrected chi connectivity index (χ4v) is 2.87. The van der Waals surface area contributed by atoms with E-state index in [0.29, 0.717) is 0 Å². The summed E-state index contributed by atoms with van der Waals surface area (Å²) in [4.78, 5) is 4.29. The highest BCUT2D eigenvalue weighted by Gasteiger charge is 2.15. The summed E-state index contributed by atoms with van der Waals surface area (Å²) in [6, 6.07) is 6.44. The number of rotatable bonds is 4. The highest BCUT2D eigenvalue weighted by atomic mass is 16.3. The number of aryl methyl sites for hydroxylation is 4. The Morgan fingerprint density at radius 3 is 2.95 bits per heavy atom. The van der Waals surface area contributed by atoms with Crippen LogP contribution in [0.2, 0.25) is 0 Å². The second-order valence-corrected chi connectivity index (χ2v) is 5.39. The van der Waals surface area contributed by atoms with Gasteiger partial charge >= 0.3 is 0 Å². The van der Waals surface area contributed by atoms with Crippen LogP contribution in [-0.4, -0.2) is 14.7 Å². The van der Waals surface area contributed by atoms with Crippen LogP contribution in [0.4, 0.5) is 0 Å².